The molecule has 0 saturated carbocycles. The lowest BCUT2D eigenvalue weighted by atomic mass is 9.94. The first kappa shape index (κ1) is 16.2. The number of aromatic nitrogens is 2. The quantitative estimate of drug-likeness (QED) is 0.858. The van der Waals surface area contributed by atoms with Gasteiger partial charge in [-0.25, -0.2) is 0 Å². The number of rotatable bonds is 4. The molecule has 0 radical (unpaired) electrons. The molecule has 2 bridgehead atoms. The van der Waals surface area contributed by atoms with E-state index in [0.29, 0.717) is 18.4 Å². The largest absolute Gasteiger partial charge is 0.338 e. The molecule has 0 aromatic carbocycles. The lowest BCUT2D eigenvalue weighted by Gasteiger charge is -2.36. The van der Waals surface area contributed by atoms with Crippen molar-refractivity contribution in [3.8, 4) is 0 Å². The number of carbonyl (C=O) groups is 1. The summed E-state index contributed by atoms with van der Waals surface area (Å²) < 4.78 is 0. The molecule has 0 spiro atoms. The second-order valence-corrected chi connectivity index (χ2v) is 7.16. The van der Waals surface area contributed by atoms with Crippen molar-refractivity contribution >= 4 is 5.91 Å². The van der Waals surface area contributed by atoms with Crippen LogP contribution in [0.4, 0.5) is 0 Å². The lowest BCUT2D eigenvalue weighted by molar-refractivity contribution is -0.134. The third kappa shape index (κ3) is 3.87. The molecule has 2 aromatic rings. The van der Waals surface area contributed by atoms with E-state index in [4.69, 9.17) is 0 Å². The Kier molecular flexibility index (Phi) is 4.74. The van der Waals surface area contributed by atoms with Crippen LogP contribution in [0.3, 0.4) is 0 Å². The molecule has 5 rings (SSSR count). The van der Waals surface area contributed by atoms with Crippen molar-refractivity contribution in [2.75, 3.05) is 19.6 Å². The second-order valence-electron chi connectivity index (χ2n) is 7.16. The fourth-order valence-electron chi connectivity index (χ4n) is 4.09. The number of amides is 1. The molecule has 25 heavy (non-hydrogen) atoms. The van der Waals surface area contributed by atoms with Crippen LogP contribution in [0.2, 0.25) is 0 Å². The van der Waals surface area contributed by atoms with Gasteiger partial charge in [0, 0.05) is 50.3 Å². The summed E-state index contributed by atoms with van der Waals surface area (Å²) in [5, 5.41) is 0. The summed E-state index contributed by atoms with van der Waals surface area (Å²) in [6.07, 6.45) is 6.34. The van der Waals surface area contributed by atoms with Crippen LogP contribution in [0.15, 0.2) is 48.8 Å². The molecule has 0 aliphatic carbocycles. The Bertz CT molecular complexity index is 706. The summed E-state index contributed by atoms with van der Waals surface area (Å²) in [6.45, 7) is 3.76. The minimum Gasteiger partial charge on any atom is -0.338 e. The topological polar surface area (TPSA) is 49.3 Å². The molecule has 130 valence electrons. The van der Waals surface area contributed by atoms with Gasteiger partial charge in [-0.2, -0.15) is 0 Å². The summed E-state index contributed by atoms with van der Waals surface area (Å²) in [5.74, 6) is 0.781. The molecule has 3 fully saturated rings. The minimum absolute atomic E-state index is 0.216. The van der Waals surface area contributed by atoms with E-state index in [9.17, 15) is 4.79 Å². The maximum absolute atomic E-state index is 12.8. The van der Waals surface area contributed by atoms with Crippen molar-refractivity contribution < 1.29 is 4.79 Å². The Labute approximate surface area is 148 Å². The number of nitrogens with zero attached hydrogens (tertiary/aromatic N) is 4. The van der Waals surface area contributed by atoms with Crippen LogP contribution in [0.1, 0.15) is 24.2 Å². The average Bonchev–Trinajstić information content (AvgIpc) is 2.94. The van der Waals surface area contributed by atoms with Gasteiger partial charge in [0.1, 0.15) is 0 Å². The summed E-state index contributed by atoms with van der Waals surface area (Å²) in [6, 6.07) is 12.2. The first-order valence-electron chi connectivity index (χ1n) is 9.09. The number of fused-ring (bicyclic) bond motifs is 4. The van der Waals surface area contributed by atoms with Crippen LogP contribution in [0.5, 0.6) is 0 Å². The second kappa shape index (κ2) is 7.31. The van der Waals surface area contributed by atoms with Crippen molar-refractivity contribution in [2.24, 2.45) is 5.92 Å². The SMILES string of the molecule is O=C(Cc1ccccn1)N1CC2CCC1CN(Cc1ccccn1)C2. The first-order valence-corrected chi connectivity index (χ1v) is 9.09. The third-order valence-electron chi connectivity index (χ3n) is 5.28. The zero-order chi connectivity index (χ0) is 17.1. The van der Waals surface area contributed by atoms with Gasteiger partial charge in [-0.15, -0.1) is 0 Å². The van der Waals surface area contributed by atoms with Gasteiger partial charge in [-0.05, 0) is 43.0 Å². The number of pyridine rings is 2. The van der Waals surface area contributed by atoms with Gasteiger partial charge in [-0.1, -0.05) is 12.1 Å². The predicted molar refractivity (Wildman–Crippen MR) is 95.7 cm³/mol. The number of hydrogen-bond donors (Lipinski definition) is 0. The summed E-state index contributed by atoms with van der Waals surface area (Å²) in [7, 11) is 0. The van der Waals surface area contributed by atoms with Gasteiger partial charge in [0.2, 0.25) is 5.91 Å². The van der Waals surface area contributed by atoms with Crippen molar-refractivity contribution in [1.29, 1.82) is 0 Å². The molecule has 0 N–H and O–H groups in total. The van der Waals surface area contributed by atoms with Gasteiger partial charge in [-0.3, -0.25) is 19.7 Å². The molecule has 2 aromatic heterocycles. The highest BCUT2D eigenvalue weighted by molar-refractivity contribution is 5.78. The predicted octanol–water partition coefficient (Wildman–Crippen LogP) is 2.14. The molecule has 5 heteroatoms. The summed E-state index contributed by atoms with van der Waals surface area (Å²) >= 11 is 0. The van der Waals surface area contributed by atoms with Gasteiger partial charge in [0.05, 0.1) is 12.1 Å². The van der Waals surface area contributed by atoms with Gasteiger partial charge < -0.3 is 4.90 Å². The van der Waals surface area contributed by atoms with Crippen LogP contribution in [0, 0.1) is 5.92 Å². The van der Waals surface area contributed by atoms with Crippen molar-refractivity contribution in [3.05, 3.63) is 60.2 Å². The molecule has 3 aliphatic heterocycles. The Balaban J connectivity index is 1.43. The zero-order valence-electron chi connectivity index (χ0n) is 14.4. The zero-order valence-corrected chi connectivity index (χ0v) is 14.4. The van der Waals surface area contributed by atoms with Gasteiger partial charge >= 0.3 is 0 Å². The lowest BCUT2D eigenvalue weighted by Crippen LogP contribution is -2.48. The molecular formula is C20H24N4O. The Morgan fingerprint density at radius 1 is 0.960 bits per heavy atom. The molecule has 5 heterocycles. The fourth-order valence-corrected chi connectivity index (χ4v) is 4.09. The first-order chi connectivity index (χ1) is 12.3. The van der Waals surface area contributed by atoms with Crippen LogP contribution in [-0.4, -0.2) is 51.4 Å². The molecule has 5 nitrogen and oxygen atoms in total. The van der Waals surface area contributed by atoms with E-state index in [-0.39, 0.29) is 5.91 Å². The smallest absolute Gasteiger partial charge is 0.228 e. The molecule has 3 aliphatic rings. The molecule has 3 saturated heterocycles. The van der Waals surface area contributed by atoms with E-state index >= 15 is 0 Å². The van der Waals surface area contributed by atoms with E-state index in [2.05, 4.69) is 25.8 Å². The van der Waals surface area contributed by atoms with Crippen LogP contribution >= 0.6 is 0 Å². The Hall–Kier alpha value is -2.27. The normalized spacial score (nSPS) is 23.4. The van der Waals surface area contributed by atoms with Crippen LogP contribution in [0.25, 0.3) is 0 Å². The Morgan fingerprint density at radius 3 is 2.44 bits per heavy atom. The minimum atomic E-state index is 0.216. The van der Waals surface area contributed by atoms with Gasteiger partial charge in [0.15, 0.2) is 0 Å². The van der Waals surface area contributed by atoms with E-state index in [1.165, 1.54) is 6.42 Å². The molecule has 2 unspecified atom stereocenters. The summed E-state index contributed by atoms with van der Waals surface area (Å²) in [4.78, 5) is 26.2. The average molecular weight is 336 g/mol. The van der Waals surface area contributed by atoms with E-state index in [1.54, 1.807) is 6.20 Å². The third-order valence-corrected chi connectivity index (χ3v) is 5.28. The molecule has 1 amide bonds. The highest BCUT2D eigenvalue weighted by atomic mass is 16.2. The van der Waals surface area contributed by atoms with Crippen LogP contribution in [-0.2, 0) is 17.8 Å². The maximum Gasteiger partial charge on any atom is 0.228 e. The number of carbonyl (C=O) groups excluding carboxylic acids is 1. The van der Waals surface area contributed by atoms with Crippen molar-refractivity contribution in [1.82, 2.24) is 19.8 Å². The van der Waals surface area contributed by atoms with Crippen LogP contribution < -0.4 is 0 Å². The Morgan fingerprint density at radius 2 is 1.72 bits per heavy atom. The maximum atomic E-state index is 12.8. The molecule has 2 atom stereocenters. The standard InChI is InChI=1S/C20H24N4O/c25-20(11-17-5-1-3-9-21-17)24-13-16-7-8-19(24)15-23(12-16)14-18-6-2-4-10-22-18/h1-6,9-10,16,19H,7-8,11-15H2. The number of piperidine rings is 1. The van der Waals surface area contributed by atoms with E-state index in [0.717, 1.165) is 44.0 Å². The van der Waals surface area contributed by atoms with Crippen molar-refractivity contribution in [3.63, 3.8) is 0 Å². The molecular weight excluding hydrogens is 312 g/mol. The highest BCUT2D eigenvalue weighted by Crippen LogP contribution is 2.29. The fraction of sp³-hybridized carbons (Fsp3) is 0.450. The van der Waals surface area contributed by atoms with E-state index < -0.39 is 0 Å². The number of hydrogen-bond acceptors (Lipinski definition) is 4. The monoisotopic (exact) mass is 336 g/mol. The summed E-state index contributed by atoms with van der Waals surface area (Å²) in [5.41, 5.74) is 1.97. The van der Waals surface area contributed by atoms with E-state index in [1.807, 2.05) is 36.5 Å². The highest BCUT2D eigenvalue weighted by Gasteiger charge is 2.37. The van der Waals surface area contributed by atoms with Crippen molar-refractivity contribution in [2.45, 2.75) is 31.8 Å². The van der Waals surface area contributed by atoms with Gasteiger partial charge in [0.25, 0.3) is 0 Å².